The van der Waals surface area contributed by atoms with Crippen molar-refractivity contribution in [3.63, 3.8) is 0 Å². The normalized spacial score (nSPS) is 11.5. The Morgan fingerprint density at radius 1 is 0.395 bits per heavy atom. The van der Waals surface area contributed by atoms with Crippen LogP contribution in [0.25, 0.3) is 0 Å². The SMILES string of the molecule is CCNC(=O)Cc1cc(I)c(Oc2ccc(O)cc2)c(I)c1.CN(C)C(=O)Cc1cc(I)c(Oc2ccc(O)cc2)c(I)c1.CNC(=O)Cc1cc(I)c(Oc2ccc(O)cc2)c(I)c1.COc1ccc(S(=O)(=O)N[C@H](CO)Cc2cc(I)c(Oc3ccc(O)cc3)c(I)c2)cc1.O=C(CCc1cc(I)c(Oc2ccc(O)cc2)c(I)c1)N1CCOCC1.O=C(CCc1ccc(I)c(Oc2ccc(O)cc2)c1I)NCCO. The van der Waals surface area contributed by atoms with E-state index in [4.69, 9.17) is 43.0 Å². The topological polar surface area (TPSA) is 410 Å². The molecule has 1 heterocycles. The molecule has 12 N–H and O–H groups in total. The summed E-state index contributed by atoms with van der Waals surface area (Å²) in [4.78, 5) is 62.5. The van der Waals surface area contributed by atoms with E-state index < -0.39 is 16.1 Å². The van der Waals surface area contributed by atoms with Crippen molar-refractivity contribution in [1.82, 2.24) is 30.5 Å². The van der Waals surface area contributed by atoms with Gasteiger partial charge in [0.2, 0.25) is 39.6 Å². The Morgan fingerprint density at radius 2 is 0.721 bits per heavy atom. The Labute approximate surface area is 1020 Å². The summed E-state index contributed by atoms with van der Waals surface area (Å²) < 4.78 is 85.0. The molecular weight excluding hydrogens is 3270 g/mol. The fourth-order valence-corrected chi connectivity index (χ4v) is 26.8. The molecule has 29 nitrogen and oxygen atoms in total. The molecule has 13 aromatic carbocycles. The number of nitrogens with zero attached hydrogens (tertiary/aromatic N) is 2. The summed E-state index contributed by atoms with van der Waals surface area (Å²) in [5.74, 6) is 10.2. The highest BCUT2D eigenvalue weighted by molar-refractivity contribution is 14.1. The van der Waals surface area contributed by atoms with E-state index in [1.54, 1.807) is 184 Å². The van der Waals surface area contributed by atoms with Crippen LogP contribution in [0.15, 0.2) is 248 Å². The van der Waals surface area contributed by atoms with E-state index in [0.717, 1.165) is 105 Å². The second-order valence-electron chi connectivity index (χ2n) is 31.8. The number of benzene rings is 13. The van der Waals surface area contributed by atoms with E-state index in [1.165, 1.54) is 19.2 Å². The Morgan fingerprint density at radius 3 is 1.05 bits per heavy atom. The van der Waals surface area contributed by atoms with Crippen molar-refractivity contribution in [2.75, 3.05) is 80.9 Å². The number of likely N-dealkylation sites (N-methyl/N-ethyl adjacent to an activating group) is 3. The van der Waals surface area contributed by atoms with Crippen LogP contribution in [0, 0.1) is 42.8 Å². The number of phenols is 6. The number of hydrogen-bond acceptors (Lipinski definition) is 23. The Balaban J connectivity index is 0.000000197. The van der Waals surface area contributed by atoms with Crippen LogP contribution in [0.1, 0.15) is 53.1 Å². The summed E-state index contributed by atoms with van der Waals surface area (Å²) in [6.45, 7) is 5.04. The minimum absolute atomic E-state index is 0.0151. The number of carbonyl (C=O) groups is 5. The van der Waals surface area contributed by atoms with E-state index >= 15 is 0 Å². The molecule has 1 saturated heterocycles. The quantitative estimate of drug-likeness (QED) is 0.0167. The van der Waals surface area contributed by atoms with Gasteiger partial charge in [-0.05, 0) is 567 Å². The molecule has 778 valence electrons. The van der Waals surface area contributed by atoms with Crippen molar-refractivity contribution in [2.45, 2.75) is 69.2 Å². The van der Waals surface area contributed by atoms with E-state index in [-0.39, 0.29) is 88.7 Å². The Kier molecular flexibility index (Phi) is 53.1. The van der Waals surface area contributed by atoms with Gasteiger partial charge in [0.25, 0.3) is 0 Å². The third-order valence-corrected chi connectivity index (χ3v) is 32.0. The van der Waals surface area contributed by atoms with Gasteiger partial charge in [-0.1, -0.05) is 6.07 Å². The highest BCUT2D eigenvalue weighted by atomic mass is 127. The molecule has 1 fully saturated rings. The zero-order chi connectivity index (χ0) is 107. The Hall–Kier alpha value is -6.84. The molecule has 0 aromatic heterocycles. The number of halogens is 12. The lowest BCUT2D eigenvalue weighted by Crippen LogP contribution is -2.40. The van der Waals surface area contributed by atoms with E-state index in [9.17, 15) is 68.1 Å². The molecule has 42 heteroatoms. The molecule has 5 amide bonds. The highest BCUT2D eigenvalue weighted by Crippen LogP contribution is 2.42. The summed E-state index contributed by atoms with van der Waals surface area (Å²) in [5.41, 5.74) is 5.88. The number of methoxy groups -OCH3 is 1. The van der Waals surface area contributed by atoms with Crippen LogP contribution in [-0.4, -0.2) is 176 Å². The minimum Gasteiger partial charge on any atom is -0.508 e. The van der Waals surface area contributed by atoms with Crippen molar-refractivity contribution in [3.05, 3.63) is 319 Å². The van der Waals surface area contributed by atoms with E-state index in [2.05, 4.69) is 304 Å². The van der Waals surface area contributed by atoms with Gasteiger partial charge < -0.3 is 104 Å². The largest absolute Gasteiger partial charge is 0.508 e. The number of phenolic OH excluding ortho intramolecular Hbond substituents is 6. The first-order chi connectivity index (χ1) is 70.1. The molecule has 14 rings (SSSR count). The van der Waals surface area contributed by atoms with Crippen molar-refractivity contribution >= 4 is 311 Å². The molecule has 0 radical (unpaired) electrons. The summed E-state index contributed by atoms with van der Waals surface area (Å²) in [5, 5.41) is 82.6. The maximum Gasteiger partial charge on any atom is 0.240 e. The van der Waals surface area contributed by atoms with Crippen molar-refractivity contribution in [3.8, 4) is 109 Å². The number of hydrogen-bond donors (Lipinski definition) is 12. The fourth-order valence-electron chi connectivity index (χ4n) is 13.0. The van der Waals surface area contributed by atoms with Gasteiger partial charge in [-0.3, -0.25) is 24.0 Å². The monoisotopic (exact) mass is 3370 g/mol. The van der Waals surface area contributed by atoms with Crippen LogP contribution >= 0.6 is 271 Å². The third-order valence-electron chi connectivity index (χ3n) is 20.4. The average molecular weight is 3370 g/mol. The van der Waals surface area contributed by atoms with E-state index in [0.29, 0.717) is 130 Å². The van der Waals surface area contributed by atoms with Crippen molar-refractivity contribution in [1.29, 1.82) is 0 Å². The molecular formula is C105H100I12N6O23S. The van der Waals surface area contributed by atoms with Crippen LogP contribution < -0.4 is 53.8 Å². The molecule has 1 atom stereocenters. The summed E-state index contributed by atoms with van der Waals surface area (Å²) in [6.07, 6.45) is 3.55. The predicted molar refractivity (Wildman–Crippen MR) is 665 cm³/mol. The van der Waals surface area contributed by atoms with Gasteiger partial charge in [-0.15, -0.1) is 0 Å². The van der Waals surface area contributed by atoms with Gasteiger partial charge in [0.15, 0.2) is 34.5 Å². The number of rotatable bonds is 34. The first kappa shape index (κ1) is 124. The Bertz CT molecular complexity index is 6600. The number of carbonyl (C=O) groups excluding carboxylic acids is 5. The number of morpholine rings is 1. The second-order valence-corrected chi connectivity index (χ2v) is 47.3. The van der Waals surface area contributed by atoms with Gasteiger partial charge in [0, 0.05) is 66.2 Å². The van der Waals surface area contributed by atoms with Crippen LogP contribution in [0.3, 0.4) is 0 Å². The lowest BCUT2D eigenvalue weighted by Gasteiger charge is -2.26. The van der Waals surface area contributed by atoms with Gasteiger partial charge in [-0.2, -0.15) is 0 Å². The number of amides is 5. The lowest BCUT2D eigenvalue weighted by molar-refractivity contribution is -0.135. The smallest absolute Gasteiger partial charge is 0.240 e. The third kappa shape index (κ3) is 41.8. The summed E-state index contributed by atoms with van der Waals surface area (Å²) >= 11 is 26.5. The number of aliphatic hydroxyl groups is 2. The standard InChI is InChI=1S/C22H21I2NO6S.C19H19I2NO4.C17H17I2NO4.2C16H15I2NO3.C15H13I2NO3/c1-30-17-6-8-19(9-7-17)32(28,29)25-15(13-26)10-14-11-20(23)22(21(24)12-14)31-18-4-2-16(27)3-5-18;20-16-11-13(1-6-18(24)22-7-9-25-10-8-22)12-17(21)19(16)26-15-4-2-14(23)3-5-15;18-14-7-1-11(2-8-15(23)20-9-10-21)16(19)17(14)24-13-5-3-12(22)4-6-13;1-19(2)15(21)9-10-7-13(17)16(14(18)8-10)22-12-5-3-11(20)4-6-12;1-2-19-15(21)9-10-7-13(17)16(14(18)8-10)22-12-5-3-11(20)4-6-12;1-18-14(20)8-9-6-12(16)15(13(17)7-9)21-11-4-2-10(19)3-5-11/h2-9,11-12,15,25-27H,10,13H2,1H3;2-5,11-12,23H,1,6-10H2;1,3-7,21-22H,2,8-10H2,(H,20,23);3-8,20H,9H2,1-2H3;3-8,20H,2,9H2,1H3,(H,19,21);2-7,19H,8H2,1H3,(H,18,20)/t15-;;;;;/m0...../s1. The summed E-state index contributed by atoms with van der Waals surface area (Å²) in [7, 11) is 2.83. The van der Waals surface area contributed by atoms with Gasteiger partial charge in [0.05, 0.1) is 101 Å². The van der Waals surface area contributed by atoms with Crippen LogP contribution in [0.4, 0.5) is 0 Å². The highest BCUT2D eigenvalue weighted by Gasteiger charge is 2.25. The van der Waals surface area contributed by atoms with Gasteiger partial charge in [-0.25, -0.2) is 13.1 Å². The number of nitrogens with one attached hydrogen (secondary N) is 4. The molecule has 1 aliphatic heterocycles. The van der Waals surface area contributed by atoms with Gasteiger partial charge >= 0.3 is 0 Å². The molecule has 0 unspecified atom stereocenters. The minimum atomic E-state index is -3.80. The first-order valence-corrected chi connectivity index (χ1v) is 58.9. The zero-order valence-corrected chi connectivity index (χ0v) is 106. The molecule has 0 aliphatic carbocycles. The lowest BCUT2D eigenvalue weighted by atomic mass is 10.1. The number of aliphatic hydroxyl groups excluding tert-OH is 2. The molecule has 0 bridgehead atoms. The molecule has 0 saturated carbocycles. The molecule has 13 aromatic rings. The first-order valence-electron chi connectivity index (χ1n) is 44.5. The second kappa shape index (κ2) is 63.1. The maximum absolute atomic E-state index is 12.7. The molecule has 0 spiro atoms. The number of ether oxygens (including phenoxy) is 8. The number of aromatic hydroxyl groups is 6. The van der Waals surface area contributed by atoms with Crippen molar-refractivity contribution in [2.24, 2.45) is 0 Å². The van der Waals surface area contributed by atoms with Crippen LogP contribution in [0.2, 0.25) is 0 Å². The van der Waals surface area contributed by atoms with E-state index in [1.807, 2.05) is 72.5 Å². The maximum atomic E-state index is 12.7. The number of aryl methyl sites for hydroxylation is 2. The average Bonchev–Trinajstić information content (AvgIpc) is 0.824. The van der Waals surface area contributed by atoms with Gasteiger partial charge in [0.1, 0.15) is 74.7 Å². The number of sulfonamides is 1. The predicted octanol–water partition coefficient (Wildman–Crippen LogP) is 23.7. The van der Waals surface area contributed by atoms with Crippen LogP contribution in [0.5, 0.6) is 109 Å². The fraction of sp³-hybridized carbons (Fsp3) is 0.210. The zero-order valence-electron chi connectivity index (χ0n) is 79.0. The van der Waals surface area contributed by atoms with Crippen molar-refractivity contribution < 1.29 is 111 Å². The molecule has 147 heavy (non-hydrogen) atoms. The summed E-state index contributed by atoms with van der Waals surface area (Å²) in [6, 6.07) is 68.3. The van der Waals surface area contributed by atoms with Crippen LogP contribution in [-0.2, 0) is 77.3 Å². The molecule has 1 aliphatic rings.